The first-order valence-electron chi connectivity index (χ1n) is 6.05. The van der Waals surface area contributed by atoms with Crippen LogP contribution in [-0.4, -0.2) is 6.54 Å². The van der Waals surface area contributed by atoms with Gasteiger partial charge in [0.2, 0.25) is 0 Å². The summed E-state index contributed by atoms with van der Waals surface area (Å²) in [6, 6.07) is 13.4. The summed E-state index contributed by atoms with van der Waals surface area (Å²) >= 11 is 11.8. The van der Waals surface area contributed by atoms with Gasteiger partial charge in [-0.3, -0.25) is 0 Å². The van der Waals surface area contributed by atoms with E-state index in [9.17, 15) is 0 Å². The van der Waals surface area contributed by atoms with Gasteiger partial charge >= 0.3 is 0 Å². The minimum Gasteiger partial charge on any atom is -0.489 e. The fraction of sp³-hybridized carbons (Fsp3) is 0.200. The Kier molecular flexibility index (Phi) is 5.08. The molecule has 0 saturated carbocycles. The van der Waals surface area contributed by atoms with E-state index in [0.29, 0.717) is 23.2 Å². The summed E-state index contributed by atoms with van der Waals surface area (Å²) in [6.45, 7) is 1.10. The molecule has 0 heterocycles. The second-order valence-electron chi connectivity index (χ2n) is 4.22. The van der Waals surface area contributed by atoms with E-state index in [2.05, 4.69) is 0 Å². The van der Waals surface area contributed by atoms with Crippen molar-refractivity contribution < 1.29 is 4.74 Å². The van der Waals surface area contributed by atoms with Crippen LogP contribution in [0.3, 0.4) is 0 Å². The molecular formula is C15H15Cl2NO. The standard InChI is InChI=1S/C15H15Cl2NO/c16-14-5-4-12(9-15(14)17)10-19-13-3-1-2-11(8-13)6-7-18/h1-5,8-9H,6-7,10,18H2. The van der Waals surface area contributed by atoms with Crippen molar-refractivity contribution in [2.75, 3.05) is 6.54 Å². The van der Waals surface area contributed by atoms with Crippen LogP contribution in [-0.2, 0) is 13.0 Å². The van der Waals surface area contributed by atoms with Gasteiger partial charge in [-0.15, -0.1) is 0 Å². The fourth-order valence-corrected chi connectivity index (χ4v) is 2.07. The van der Waals surface area contributed by atoms with Gasteiger partial charge in [0.05, 0.1) is 10.0 Å². The Balaban J connectivity index is 2.01. The molecule has 0 aliphatic carbocycles. The lowest BCUT2D eigenvalue weighted by atomic mass is 10.1. The van der Waals surface area contributed by atoms with Crippen molar-refractivity contribution in [1.29, 1.82) is 0 Å². The molecule has 19 heavy (non-hydrogen) atoms. The molecule has 2 nitrogen and oxygen atoms in total. The van der Waals surface area contributed by atoms with Crippen molar-refractivity contribution in [3.63, 3.8) is 0 Å². The van der Waals surface area contributed by atoms with Gasteiger partial charge in [-0.1, -0.05) is 41.4 Å². The molecule has 0 fully saturated rings. The monoisotopic (exact) mass is 295 g/mol. The van der Waals surface area contributed by atoms with E-state index < -0.39 is 0 Å². The first-order valence-corrected chi connectivity index (χ1v) is 6.80. The summed E-state index contributed by atoms with van der Waals surface area (Å²) in [6.07, 6.45) is 0.851. The highest BCUT2D eigenvalue weighted by molar-refractivity contribution is 6.42. The zero-order chi connectivity index (χ0) is 13.7. The van der Waals surface area contributed by atoms with Gasteiger partial charge in [0.15, 0.2) is 0 Å². The predicted octanol–water partition coefficient (Wildman–Crippen LogP) is 4.07. The van der Waals surface area contributed by atoms with E-state index in [1.165, 1.54) is 5.56 Å². The van der Waals surface area contributed by atoms with E-state index >= 15 is 0 Å². The van der Waals surface area contributed by atoms with Gasteiger partial charge < -0.3 is 10.5 Å². The van der Waals surface area contributed by atoms with E-state index in [-0.39, 0.29) is 0 Å². The van der Waals surface area contributed by atoms with Crippen molar-refractivity contribution in [3.8, 4) is 5.75 Å². The number of benzene rings is 2. The van der Waals surface area contributed by atoms with Crippen molar-refractivity contribution in [3.05, 3.63) is 63.6 Å². The Morgan fingerprint density at radius 1 is 0.947 bits per heavy atom. The Morgan fingerprint density at radius 3 is 2.53 bits per heavy atom. The van der Waals surface area contributed by atoms with E-state index in [4.69, 9.17) is 33.7 Å². The number of ether oxygens (including phenoxy) is 1. The molecule has 2 N–H and O–H groups in total. The second kappa shape index (κ2) is 6.80. The van der Waals surface area contributed by atoms with Crippen LogP contribution in [0.4, 0.5) is 0 Å². The molecule has 0 saturated heterocycles. The molecule has 0 bridgehead atoms. The highest BCUT2D eigenvalue weighted by atomic mass is 35.5. The first-order chi connectivity index (χ1) is 9.19. The first kappa shape index (κ1) is 14.2. The minimum atomic E-state index is 0.461. The molecular weight excluding hydrogens is 281 g/mol. The van der Waals surface area contributed by atoms with Crippen molar-refractivity contribution in [2.45, 2.75) is 13.0 Å². The van der Waals surface area contributed by atoms with Gasteiger partial charge in [-0.25, -0.2) is 0 Å². The molecule has 0 aliphatic heterocycles. The van der Waals surface area contributed by atoms with Crippen LogP contribution in [0.5, 0.6) is 5.75 Å². The number of hydrogen-bond acceptors (Lipinski definition) is 2. The molecule has 0 aromatic heterocycles. The molecule has 0 atom stereocenters. The summed E-state index contributed by atoms with van der Waals surface area (Å²) in [5, 5.41) is 1.09. The predicted molar refractivity (Wildman–Crippen MR) is 80.0 cm³/mol. The lowest BCUT2D eigenvalue weighted by Crippen LogP contribution is -2.03. The van der Waals surface area contributed by atoms with Crippen LogP contribution in [0, 0.1) is 0 Å². The van der Waals surface area contributed by atoms with Crippen LogP contribution in [0.25, 0.3) is 0 Å². The minimum absolute atomic E-state index is 0.461. The van der Waals surface area contributed by atoms with Crippen LogP contribution in [0.2, 0.25) is 10.0 Å². The Hall–Kier alpha value is -1.22. The Morgan fingerprint density at radius 2 is 1.79 bits per heavy atom. The lowest BCUT2D eigenvalue weighted by Gasteiger charge is -2.08. The van der Waals surface area contributed by atoms with Crippen molar-refractivity contribution >= 4 is 23.2 Å². The van der Waals surface area contributed by atoms with Gasteiger partial charge in [0.1, 0.15) is 12.4 Å². The van der Waals surface area contributed by atoms with E-state index in [0.717, 1.165) is 17.7 Å². The third kappa shape index (κ3) is 4.13. The zero-order valence-corrected chi connectivity index (χ0v) is 11.9. The molecule has 4 heteroatoms. The lowest BCUT2D eigenvalue weighted by molar-refractivity contribution is 0.306. The summed E-state index contributed by atoms with van der Waals surface area (Å²) in [4.78, 5) is 0. The summed E-state index contributed by atoms with van der Waals surface area (Å²) in [5.41, 5.74) is 7.70. The van der Waals surface area contributed by atoms with Crippen molar-refractivity contribution in [2.24, 2.45) is 5.73 Å². The van der Waals surface area contributed by atoms with Gasteiger partial charge in [0, 0.05) is 0 Å². The fourth-order valence-electron chi connectivity index (χ4n) is 1.75. The summed E-state index contributed by atoms with van der Waals surface area (Å²) in [7, 11) is 0. The van der Waals surface area contributed by atoms with Gasteiger partial charge in [0.25, 0.3) is 0 Å². The summed E-state index contributed by atoms with van der Waals surface area (Å²) in [5.74, 6) is 0.831. The van der Waals surface area contributed by atoms with Crippen LogP contribution in [0.1, 0.15) is 11.1 Å². The number of rotatable bonds is 5. The number of nitrogens with two attached hydrogens (primary N) is 1. The third-order valence-electron chi connectivity index (χ3n) is 2.72. The number of hydrogen-bond donors (Lipinski definition) is 1. The molecule has 100 valence electrons. The van der Waals surface area contributed by atoms with Crippen LogP contribution < -0.4 is 10.5 Å². The Labute approximate surface area is 123 Å². The molecule has 0 amide bonds. The maximum absolute atomic E-state index is 5.96. The smallest absolute Gasteiger partial charge is 0.120 e. The molecule has 2 aromatic rings. The van der Waals surface area contributed by atoms with E-state index in [1.54, 1.807) is 6.07 Å². The quantitative estimate of drug-likeness (QED) is 0.902. The maximum Gasteiger partial charge on any atom is 0.120 e. The summed E-state index contributed by atoms with van der Waals surface area (Å²) < 4.78 is 5.73. The van der Waals surface area contributed by atoms with Gasteiger partial charge in [-0.05, 0) is 48.4 Å². The molecule has 2 rings (SSSR count). The van der Waals surface area contributed by atoms with Crippen LogP contribution in [0.15, 0.2) is 42.5 Å². The topological polar surface area (TPSA) is 35.2 Å². The molecule has 0 radical (unpaired) electrons. The largest absolute Gasteiger partial charge is 0.489 e. The highest BCUT2D eigenvalue weighted by Gasteiger charge is 2.01. The maximum atomic E-state index is 5.96. The van der Waals surface area contributed by atoms with E-state index in [1.807, 2.05) is 36.4 Å². The molecule has 2 aromatic carbocycles. The average molecular weight is 296 g/mol. The molecule has 0 spiro atoms. The van der Waals surface area contributed by atoms with Crippen molar-refractivity contribution in [1.82, 2.24) is 0 Å². The molecule has 0 unspecified atom stereocenters. The SMILES string of the molecule is NCCc1cccc(OCc2ccc(Cl)c(Cl)c2)c1. The number of halogens is 2. The molecule has 0 aliphatic rings. The Bertz CT molecular complexity index is 558. The third-order valence-corrected chi connectivity index (χ3v) is 3.46. The average Bonchev–Trinajstić information content (AvgIpc) is 2.41. The van der Waals surface area contributed by atoms with Crippen LogP contribution >= 0.6 is 23.2 Å². The second-order valence-corrected chi connectivity index (χ2v) is 5.04. The van der Waals surface area contributed by atoms with Gasteiger partial charge in [-0.2, -0.15) is 0 Å². The highest BCUT2D eigenvalue weighted by Crippen LogP contribution is 2.23. The zero-order valence-electron chi connectivity index (χ0n) is 10.4. The normalized spacial score (nSPS) is 10.5.